The third kappa shape index (κ3) is 3.76. The molecule has 0 aliphatic heterocycles. The van der Waals surface area contributed by atoms with Crippen LogP contribution in [0.15, 0.2) is 41.3 Å². The third-order valence-electron chi connectivity index (χ3n) is 2.63. The van der Waals surface area contributed by atoms with Crippen LogP contribution >= 0.6 is 0 Å². The fourth-order valence-electron chi connectivity index (χ4n) is 1.59. The first kappa shape index (κ1) is 17.1. The molecule has 0 saturated heterocycles. The van der Waals surface area contributed by atoms with Gasteiger partial charge in [0.15, 0.2) is 11.6 Å². The second-order valence-electron chi connectivity index (χ2n) is 4.25. The molecule has 0 aromatic heterocycles. The fraction of sp³-hybridized carbons (Fsp3) is 0.0769. The molecular weight excluding hydrogens is 350 g/mol. The van der Waals surface area contributed by atoms with Gasteiger partial charge in [0.1, 0.15) is 16.5 Å². The number of hydrogen-bond donors (Lipinski definition) is 0. The molecule has 0 atom stereocenters. The first-order chi connectivity index (χ1) is 10.5. The SMILES string of the molecule is O=S(=O)(Oc1ccc(F)cc1F)c1ccc(F)c(C(F)(F)F)c1. The van der Waals surface area contributed by atoms with Crippen molar-refractivity contribution in [3.8, 4) is 5.75 Å². The highest BCUT2D eigenvalue weighted by atomic mass is 32.2. The molecule has 0 aliphatic carbocycles. The van der Waals surface area contributed by atoms with Crippen molar-refractivity contribution in [1.29, 1.82) is 0 Å². The lowest BCUT2D eigenvalue weighted by atomic mass is 10.2. The largest absolute Gasteiger partial charge is 0.419 e. The maximum absolute atomic E-state index is 13.4. The summed E-state index contributed by atoms with van der Waals surface area (Å²) in [5.74, 6) is -4.96. The van der Waals surface area contributed by atoms with Gasteiger partial charge < -0.3 is 4.18 Å². The van der Waals surface area contributed by atoms with Gasteiger partial charge in [0.25, 0.3) is 0 Å². The Morgan fingerprint density at radius 1 is 0.870 bits per heavy atom. The normalized spacial score (nSPS) is 12.3. The van der Waals surface area contributed by atoms with E-state index in [2.05, 4.69) is 4.18 Å². The van der Waals surface area contributed by atoms with Gasteiger partial charge in [0.05, 0.1) is 5.56 Å². The molecule has 2 rings (SSSR count). The molecule has 10 heteroatoms. The molecule has 0 saturated carbocycles. The first-order valence-corrected chi connectivity index (χ1v) is 7.18. The minimum Gasteiger partial charge on any atom is -0.376 e. The lowest BCUT2D eigenvalue weighted by Crippen LogP contribution is -2.14. The second kappa shape index (κ2) is 5.76. The van der Waals surface area contributed by atoms with E-state index in [1.807, 2.05) is 0 Å². The van der Waals surface area contributed by atoms with E-state index in [0.717, 1.165) is 0 Å². The predicted molar refractivity (Wildman–Crippen MR) is 65.6 cm³/mol. The van der Waals surface area contributed by atoms with Gasteiger partial charge in [-0.15, -0.1) is 0 Å². The summed E-state index contributed by atoms with van der Waals surface area (Å²) >= 11 is 0. The van der Waals surface area contributed by atoms with Crippen LogP contribution in [0.4, 0.5) is 26.3 Å². The van der Waals surface area contributed by atoms with Gasteiger partial charge in [0, 0.05) is 6.07 Å². The van der Waals surface area contributed by atoms with Crippen molar-refractivity contribution in [3.63, 3.8) is 0 Å². The Bertz CT molecular complexity index is 845. The Kier molecular flexibility index (Phi) is 4.29. The van der Waals surface area contributed by atoms with Gasteiger partial charge in [-0.3, -0.25) is 0 Å². The monoisotopic (exact) mass is 356 g/mol. The predicted octanol–water partition coefficient (Wildman–Crippen LogP) is 3.89. The van der Waals surface area contributed by atoms with Crippen molar-refractivity contribution in [1.82, 2.24) is 0 Å². The summed E-state index contributed by atoms with van der Waals surface area (Å²) < 4.78 is 105. The van der Waals surface area contributed by atoms with E-state index >= 15 is 0 Å². The van der Waals surface area contributed by atoms with Crippen molar-refractivity contribution in [2.45, 2.75) is 11.1 Å². The molecule has 0 fully saturated rings. The van der Waals surface area contributed by atoms with Crippen LogP contribution in [0.2, 0.25) is 0 Å². The molecule has 3 nitrogen and oxygen atoms in total. The van der Waals surface area contributed by atoms with Crippen LogP contribution in [0.5, 0.6) is 5.75 Å². The molecule has 0 aliphatic rings. The van der Waals surface area contributed by atoms with E-state index in [1.54, 1.807) is 0 Å². The minimum absolute atomic E-state index is 0.0199. The summed E-state index contributed by atoms with van der Waals surface area (Å²) in [6.45, 7) is 0. The van der Waals surface area contributed by atoms with Crippen LogP contribution in [0.25, 0.3) is 0 Å². The van der Waals surface area contributed by atoms with Crippen LogP contribution in [0, 0.1) is 17.5 Å². The van der Waals surface area contributed by atoms with Gasteiger partial charge >= 0.3 is 16.3 Å². The number of rotatable bonds is 3. The first-order valence-electron chi connectivity index (χ1n) is 5.77. The van der Waals surface area contributed by atoms with Crippen molar-refractivity contribution >= 4 is 10.1 Å². The molecule has 0 spiro atoms. The van der Waals surface area contributed by atoms with Gasteiger partial charge in [0.2, 0.25) is 0 Å². The summed E-state index contributed by atoms with van der Waals surface area (Å²) in [4.78, 5) is -1.03. The lowest BCUT2D eigenvalue weighted by Gasteiger charge is -2.11. The molecule has 23 heavy (non-hydrogen) atoms. The van der Waals surface area contributed by atoms with Crippen LogP contribution in [0.1, 0.15) is 5.56 Å². The topological polar surface area (TPSA) is 43.4 Å². The Hall–Kier alpha value is -2.23. The van der Waals surface area contributed by atoms with Gasteiger partial charge in [-0.25, -0.2) is 13.2 Å². The number of hydrogen-bond acceptors (Lipinski definition) is 3. The van der Waals surface area contributed by atoms with Gasteiger partial charge in [-0.2, -0.15) is 21.6 Å². The maximum Gasteiger partial charge on any atom is 0.419 e. The van der Waals surface area contributed by atoms with Crippen molar-refractivity contribution in [2.75, 3.05) is 0 Å². The van der Waals surface area contributed by atoms with Crippen molar-refractivity contribution in [3.05, 3.63) is 59.4 Å². The van der Waals surface area contributed by atoms with Crippen LogP contribution in [-0.2, 0) is 16.3 Å². The molecule has 0 radical (unpaired) electrons. The Morgan fingerprint density at radius 2 is 1.52 bits per heavy atom. The highest BCUT2D eigenvalue weighted by molar-refractivity contribution is 7.87. The van der Waals surface area contributed by atoms with E-state index in [1.165, 1.54) is 0 Å². The number of benzene rings is 2. The fourth-order valence-corrected chi connectivity index (χ4v) is 2.55. The summed E-state index contributed by atoms with van der Waals surface area (Å²) in [5, 5.41) is 0. The molecule has 0 bridgehead atoms. The van der Waals surface area contributed by atoms with Crippen molar-refractivity contribution < 1.29 is 38.9 Å². The molecule has 2 aromatic rings. The molecule has 0 unspecified atom stereocenters. The Labute approximate surface area is 126 Å². The second-order valence-corrected chi connectivity index (χ2v) is 5.80. The molecular formula is C13H6F6O3S. The summed E-state index contributed by atoms with van der Waals surface area (Å²) in [5.41, 5.74) is -1.82. The molecule has 0 amide bonds. The van der Waals surface area contributed by atoms with Gasteiger partial charge in [-0.05, 0) is 30.3 Å². The highest BCUT2D eigenvalue weighted by Crippen LogP contribution is 2.33. The summed E-state index contributed by atoms with van der Waals surface area (Å²) in [6.07, 6.45) is -5.13. The standard InChI is InChI=1S/C13H6F6O3S/c14-7-1-4-12(11(16)5-7)22-23(20,21)8-2-3-10(15)9(6-8)13(17,18)19/h1-6H. The smallest absolute Gasteiger partial charge is 0.376 e. The third-order valence-corrected chi connectivity index (χ3v) is 3.86. The van der Waals surface area contributed by atoms with E-state index in [0.29, 0.717) is 30.3 Å². The number of alkyl halides is 3. The average Bonchev–Trinajstić information content (AvgIpc) is 2.41. The van der Waals surface area contributed by atoms with E-state index in [9.17, 15) is 34.8 Å². The molecule has 0 N–H and O–H groups in total. The Balaban J connectivity index is 2.44. The zero-order valence-corrected chi connectivity index (χ0v) is 11.7. The number of halogens is 6. The van der Waals surface area contributed by atoms with E-state index in [4.69, 9.17) is 0 Å². The lowest BCUT2D eigenvalue weighted by molar-refractivity contribution is -0.140. The molecule has 0 heterocycles. The molecule has 124 valence electrons. The van der Waals surface area contributed by atoms with E-state index in [-0.39, 0.29) is 6.07 Å². The summed E-state index contributed by atoms with van der Waals surface area (Å²) in [7, 11) is -4.88. The van der Waals surface area contributed by atoms with Crippen LogP contribution < -0.4 is 4.18 Å². The summed E-state index contributed by atoms with van der Waals surface area (Å²) in [6, 6.07) is 2.51. The molecule has 2 aromatic carbocycles. The zero-order valence-electron chi connectivity index (χ0n) is 10.9. The minimum atomic E-state index is -5.13. The highest BCUT2D eigenvalue weighted by Gasteiger charge is 2.35. The Morgan fingerprint density at radius 3 is 2.09 bits per heavy atom. The van der Waals surface area contributed by atoms with Crippen LogP contribution in [0.3, 0.4) is 0 Å². The quantitative estimate of drug-likeness (QED) is 0.619. The maximum atomic E-state index is 13.4. The van der Waals surface area contributed by atoms with Crippen molar-refractivity contribution in [2.24, 2.45) is 0 Å². The van der Waals surface area contributed by atoms with E-state index < -0.39 is 50.0 Å². The van der Waals surface area contributed by atoms with Gasteiger partial charge in [-0.1, -0.05) is 0 Å². The average molecular weight is 356 g/mol. The zero-order chi connectivity index (χ0) is 17.4. The van der Waals surface area contributed by atoms with Crippen LogP contribution in [-0.4, -0.2) is 8.42 Å².